The molecule has 0 rings (SSSR count). The maximum absolute atomic E-state index is 11.0. The maximum Gasteiger partial charge on any atom is 0.338 e. The summed E-state index contributed by atoms with van der Waals surface area (Å²) in [5.74, 6) is -0.601. The lowest BCUT2D eigenvalue weighted by Crippen LogP contribution is -2.32. The van der Waals surface area contributed by atoms with Crippen LogP contribution in [0.3, 0.4) is 0 Å². The van der Waals surface area contributed by atoms with Gasteiger partial charge in [-0.25, -0.2) is 8.98 Å². The summed E-state index contributed by atoms with van der Waals surface area (Å²) < 4.78 is 32.7. The minimum atomic E-state index is -4.01. The zero-order valence-corrected chi connectivity index (χ0v) is 9.91. The molecule has 0 aromatic carbocycles. The third kappa shape index (κ3) is 7.35. The number of nitrogens with one attached hydrogen (secondary N) is 1. The third-order valence-corrected chi connectivity index (χ3v) is 2.32. The SMILES string of the molecule is C=C(C)C(=O)OCCNS(=O)(=O)OC(C)O. The Balaban J connectivity index is 3.83. The molecule has 0 saturated carbocycles. The Hall–Kier alpha value is -0.960. The molecule has 0 aliphatic rings. The van der Waals surface area contributed by atoms with E-state index in [-0.39, 0.29) is 18.7 Å². The molecule has 0 saturated heterocycles. The van der Waals surface area contributed by atoms with Gasteiger partial charge in [0.25, 0.3) is 0 Å². The highest BCUT2D eigenvalue weighted by Crippen LogP contribution is 1.94. The first-order valence-corrected chi connectivity index (χ1v) is 5.84. The summed E-state index contributed by atoms with van der Waals surface area (Å²) in [7, 11) is -4.01. The van der Waals surface area contributed by atoms with Crippen LogP contribution in [0.25, 0.3) is 0 Å². The second-order valence-corrected chi connectivity index (χ2v) is 4.35. The first-order chi connectivity index (χ1) is 7.24. The van der Waals surface area contributed by atoms with Crippen LogP contribution in [0.2, 0.25) is 0 Å². The zero-order chi connectivity index (χ0) is 12.8. The minimum Gasteiger partial charge on any atom is -0.461 e. The molecule has 0 heterocycles. The third-order valence-electron chi connectivity index (χ3n) is 1.23. The summed E-state index contributed by atoms with van der Waals surface area (Å²) in [6.45, 7) is 5.69. The number of esters is 1. The maximum atomic E-state index is 11.0. The number of carbonyl (C=O) groups excluding carboxylic acids is 1. The monoisotopic (exact) mass is 253 g/mol. The number of rotatable bonds is 7. The van der Waals surface area contributed by atoms with Crippen LogP contribution in [0, 0.1) is 0 Å². The molecule has 0 fully saturated rings. The topological polar surface area (TPSA) is 102 Å². The van der Waals surface area contributed by atoms with Gasteiger partial charge in [-0.05, 0) is 13.8 Å². The van der Waals surface area contributed by atoms with Gasteiger partial charge in [-0.3, -0.25) is 0 Å². The Morgan fingerprint density at radius 3 is 2.56 bits per heavy atom. The van der Waals surface area contributed by atoms with Crippen LogP contribution in [0.1, 0.15) is 13.8 Å². The average molecular weight is 253 g/mol. The minimum absolute atomic E-state index is 0.145. The van der Waals surface area contributed by atoms with Crippen molar-refractivity contribution < 1.29 is 27.2 Å². The Labute approximate surface area is 94.3 Å². The van der Waals surface area contributed by atoms with Crippen LogP contribution in [0.15, 0.2) is 12.2 Å². The predicted octanol–water partition coefficient (Wildman–Crippen LogP) is -0.705. The highest BCUT2D eigenvalue weighted by Gasteiger charge is 2.13. The van der Waals surface area contributed by atoms with Gasteiger partial charge in [-0.2, -0.15) is 13.1 Å². The van der Waals surface area contributed by atoms with Gasteiger partial charge < -0.3 is 9.84 Å². The Morgan fingerprint density at radius 2 is 2.12 bits per heavy atom. The van der Waals surface area contributed by atoms with E-state index in [9.17, 15) is 13.2 Å². The van der Waals surface area contributed by atoms with Crippen molar-refractivity contribution in [2.24, 2.45) is 0 Å². The number of hydrogen-bond acceptors (Lipinski definition) is 6. The van der Waals surface area contributed by atoms with Gasteiger partial charge in [-0.1, -0.05) is 6.58 Å². The molecule has 0 aromatic heterocycles. The van der Waals surface area contributed by atoms with Crippen molar-refractivity contribution in [2.45, 2.75) is 20.1 Å². The summed E-state index contributed by atoms with van der Waals surface area (Å²) in [6, 6.07) is 0. The lowest BCUT2D eigenvalue weighted by molar-refractivity contribution is -0.138. The fourth-order valence-electron chi connectivity index (χ4n) is 0.651. The molecule has 94 valence electrons. The molecule has 0 amide bonds. The number of aliphatic hydroxyl groups excluding tert-OH is 1. The Morgan fingerprint density at radius 1 is 1.56 bits per heavy atom. The van der Waals surface area contributed by atoms with E-state index < -0.39 is 22.6 Å². The molecule has 0 aliphatic heterocycles. The van der Waals surface area contributed by atoms with E-state index in [4.69, 9.17) is 5.11 Å². The number of ether oxygens (including phenoxy) is 1. The molecule has 1 atom stereocenters. The van der Waals surface area contributed by atoms with Crippen molar-refractivity contribution in [3.8, 4) is 0 Å². The molecule has 0 bridgehead atoms. The van der Waals surface area contributed by atoms with Crippen molar-refractivity contribution in [3.63, 3.8) is 0 Å². The van der Waals surface area contributed by atoms with Crippen LogP contribution in [-0.4, -0.2) is 38.9 Å². The van der Waals surface area contributed by atoms with Crippen molar-refractivity contribution in [1.82, 2.24) is 4.72 Å². The molecule has 16 heavy (non-hydrogen) atoms. The van der Waals surface area contributed by atoms with Gasteiger partial charge in [0.1, 0.15) is 6.61 Å². The average Bonchev–Trinajstić information content (AvgIpc) is 2.09. The first-order valence-electron chi connectivity index (χ1n) is 4.43. The summed E-state index contributed by atoms with van der Waals surface area (Å²) in [6.07, 6.45) is -1.43. The number of carbonyl (C=O) groups is 1. The zero-order valence-electron chi connectivity index (χ0n) is 9.10. The Kier molecular flexibility index (Phi) is 6.19. The molecule has 0 spiro atoms. The second kappa shape index (κ2) is 6.59. The molecular weight excluding hydrogens is 238 g/mol. The molecular formula is C8H15NO6S. The van der Waals surface area contributed by atoms with Gasteiger partial charge in [-0.15, -0.1) is 0 Å². The lowest BCUT2D eigenvalue weighted by atomic mass is 10.4. The van der Waals surface area contributed by atoms with Crippen molar-refractivity contribution in [3.05, 3.63) is 12.2 Å². The normalized spacial score (nSPS) is 13.2. The van der Waals surface area contributed by atoms with Crippen LogP contribution >= 0.6 is 0 Å². The van der Waals surface area contributed by atoms with E-state index in [1.807, 2.05) is 4.72 Å². The van der Waals surface area contributed by atoms with Crippen LogP contribution < -0.4 is 4.72 Å². The van der Waals surface area contributed by atoms with E-state index >= 15 is 0 Å². The van der Waals surface area contributed by atoms with Crippen molar-refractivity contribution in [2.75, 3.05) is 13.2 Å². The fraction of sp³-hybridized carbons (Fsp3) is 0.625. The highest BCUT2D eigenvalue weighted by molar-refractivity contribution is 7.84. The molecule has 1 unspecified atom stereocenters. The second-order valence-electron chi connectivity index (χ2n) is 2.96. The van der Waals surface area contributed by atoms with Gasteiger partial charge in [0, 0.05) is 12.1 Å². The van der Waals surface area contributed by atoms with Gasteiger partial charge >= 0.3 is 16.3 Å². The summed E-state index contributed by atoms with van der Waals surface area (Å²) >= 11 is 0. The van der Waals surface area contributed by atoms with Gasteiger partial charge in [0.15, 0.2) is 6.29 Å². The van der Waals surface area contributed by atoms with Crippen molar-refractivity contribution in [1.29, 1.82) is 0 Å². The quantitative estimate of drug-likeness (QED) is 0.269. The Bertz CT molecular complexity index is 348. The van der Waals surface area contributed by atoms with Crippen molar-refractivity contribution >= 4 is 16.3 Å². The molecule has 0 radical (unpaired) electrons. The highest BCUT2D eigenvalue weighted by atomic mass is 32.2. The van der Waals surface area contributed by atoms with E-state index in [0.29, 0.717) is 0 Å². The van der Waals surface area contributed by atoms with Gasteiger partial charge in [0.2, 0.25) is 0 Å². The standard InChI is InChI=1S/C8H15NO6S/c1-6(2)8(11)14-5-4-9-16(12,13)15-7(3)10/h7,9-10H,1,4-5H2,2-3H3. The first kappa shape index (κ1) is 15.0. The van der Waals surface area contributed by atoms with Crippen LogP contribution in [0.4, 0.5) is 0 Å². The summed E-state index contributed by atoms with van der Waals surface area (Å²) in [5, 5.41) is 8.67. The van der Waals surface area contributed by atoms with Crippen LogP contribution in [0.5, 0.6) is 0 Å². The van der Waals surface area contributed by atoms with E-state index in [2.05, 4.69) is 15.5 Å². The largest absolute Gasteiger partial charge is 0.461 e. The number of aliphatic hydroxyl groups is 1. The predicted molar refractivity (Wildman–Crippen MR) is 55.5 cm³/mol. The van der Waals surface area contributed by atoms with E-state index in [1.165, 1.54) is 6.92 Å². The molecule has 0 aromatic rings. The summed E-state index contributed by atoms with van der Waals surface area (Å²) in [5.41, 5.74) is 0.225. The fourth-order valence-corrected chi connectivity index (χ4v) is 1.42. The molecule has 2 N–H and O–H groups in total. The van der Waals surface area contributed by atoms with Crippen LogP contribution in [-0.2, 0) is 24.0 Å². The van der Waals surface area contributed by atoms with Gasteiger partial charge in [0.05, 0.1) is 0 Å². The summed E-state index contributed by atoms with van der Waals surface area (Å²) in [4.78, 5) is 10.9. The van der Waals surface area contributed by atoms with E-state index in [0.717, 1.165) is 6.92 Å². The van der Waals surface area contributed by atoms with E-state index in [1.54, 1.807) is 0 Å². The molecule has 8 heteroatoms. The lowest BCUT2D eigenvalue weighted by Gasteiger charge is -2.09. The molecule has 0 aliphatic carbocycles. The molecule has 7 nitrogen and oxygen atoms in total. The smallest absolute Gasteiger partial charge is 0.338 e. The number of hydrogen-bond donors (Lipinski definition) is 2.